The first-order valence-electron chi connectivity index (χ1n) is 24.8. The third-order valence-corrected chi connectivity index (χ3v) is 14.4. The molecule has 2 aromatic heterocycles. The van der Waals surface area contributed by atoms with Crippen LogP contribution >= 0.6 is 0 Å². The van der Waals surface area contributed by atoms with Gasteiger partial charge in [0.2, 0.25) is 0 Å². The fraction of sp³-hybridized carbons (Fsp3) is 0. The number of fused-ring (bicyclic) bond motifs is 9. The van der Waals surface area contributed by atoms with Gasteiger partial charge in [-0.2, -0.15) is 0 Å². The summed E-state index contributed by atoms with van der Waals surface area (Å²) in [6.07, 6.45) is 0. The Labute approximate surface area is 422 Å². The van der Waals surface area contributed by atoms with Crippen molar-refractivity contribution in [3.8, 4) is 84.4 Å². The molecule has 0 aliphatic rings. The van der Waals surface area contributed by atoms with Crippen molar-refractivity contribution in [2.75, 3.05) is 0 Å². The number of hydrogen-bond donors (Lipinski definition) is 0. The van der Waals surface area contributed by atoms with Gasteiger partial charge in [0, 0.05) is 38.7 Å². The second-order valence-corrected chi connectivity index (χ2v) is 18.7. The van der Waals surface area contributed by atoms with Crippen LogP contribution in [0.4, 0.5) is 0 Å². The van der Waals surface area contributed by atoms with Gasteiger partial charge < -0.3 is 4.57 Å². The molecular weight excluding hydrogens is 885 g/mol. The van der Waals surface area contributed by atoms with Gasteiger partial charge in [0.1, 0.15) is 0 Å². The lowest BCUT2D eigenvalue weighted by molar-refractivity contribution is 1.07. The van der Waals surface area contributed by atoms with Crippen molar-refractivity contribution in [2.45, 2.75) is 0 Å². The lowest BCUT2D eigenvalue weighted by Crippen LogP contribution is -2.00. The minimum Gasteiger partial charge on any atom is -0.309 e. The first kappa shape index (κ1) is 42.1. The van der Waals surface area contributed by atoms with Crippen LogP contribution in [0.15, 0.2) is 267 Å². The lowest BCUT2D eigenvalue weighted by atomic mass is 9.91. The zero-order valence-electron chi connectivity index (χ0n) is 39.7. The summed E-state index contributed by atoms with van der Waals surface area (Å²) in [6, 6.07) is 95.7. The Balaban J connectivity index is 0.806. The van der Waals surface area contributed by atoms with E-state index in [1.807, 2.05) is 60.7 Å². The van der Waals surface area contributed by atoms with E-state index in [0.717, 1.165) is 33.5 Å². The van der Waals surface area contributed by atoms with E-state index < -0.39 is 0 Å². The standard InChI is InChI=1S/C69H44N4/c1-3-16-47(17-4-1)67-70-68(48-18-5-2-6-19-48)72-69(71-67)49-34-32-45(33-35-49)46-36-39-55(40-37-46)73-65-31-12-11-28-62(65)63-30-15-29-56(66(63)73)54-23-14-22-52(43-54)50-20-13-21-51(42-50)53-38-41-61-59-26-8-7-24-57(59)58-25-9-10-27-60(58)64(61)44-53/h1-44H. The van der Waals surface area contributed by atoms with Crippen LogP contribution in [-0.2, 0) is 0 Å². The zero-order chi connectivity index (χ0) is 48.2. The number of benzene rings is 12. The highest BCUT2D eigenvalue weighted by Crippen LogP contribution is 2.41. The van der Waals surface area contributed by atoms with E-state index in [0.29, 0.717) is 17.5 Å². The summed E-state index contributed by atoms with van der Waals surface area (Å²) in [6.45, 7) is 0. The van der Waals surface area contributed by atoms with Gasteiger partial charge in [-0.1, -0.05) is 231 Å². The van der Waals surface area contributed by atoms with Crippen molar-refractivity contribution in [3.63, 3.8) is 0 Å². The van der Waals surface area contributed by atoms with Crippen LogP contribution in [0.25, 0.3) is 138 Å². The summed E-state index contributed by atoms with van der Waals surface area (Å²) in [5.41, 5.74) is 15.6. The number of para-hydroxylation sites is 2. The third-order valence-electron chi connectivity index (χ3n) is 14.4. The van der Waals surface area contributed by atoms with E-state index in [1.165, 1.54) is 87.5 Å². The number of aromatic nitrogens is 4. The highest BCUT2D eigenvalue weighted by Gasteiger charge is 2.18. The Morgan fingerprint density at radius 3 is 1.16 bits per heavy atom. The fourth-order valence-corrected chi connectivity index (χ4v) is 10.9. The molecule has 340 valence electrons. The van der Waals surface area contributed by atoms with E-state index in [4.69, 9.17) is 15.0 Å². The molecule has 14 aromatic rings. The summed E-state index contributed by atoms with van der Waals surface area (Å²) < 4.78 is 2.43. The van der Waals surface area contributed by atoms with Gasteiger partial charge >= 0.3 is 0 Å². The van der Waals surface area contributed by atoms with Crippen LogP contribution in [-0.4, -0.2) is 19.5 Å². The normalized spacial score (nSPS) is 11.6. The molecule has 14 rings (SSSR count). The first-order valence-corrected chi connectivity index (χ1v) is 24.8. The predicted octanol–water partition coefficient (Wildman–Crippen LogP) is 18.1. The lowest BCUT2D eigenvalue weighted by Gasteiger charge is -2.14. The minimum atomic E-state index is 0.639. The van der Waals surface area contributed by atoms with Gasteiger partial charge in [0.15, 0.2) is 17.5 Å². The van der Waals surface area contributed by atoms with E-state index in [2.05, 4.69) is 211 Å². The highest BCUT2D eigenvalue weighted by atomic mass is 15.0. The molecule has 0 N–H and O–H groups in total. The average Bonchev–Trinajstić information content (AvgIpc) is 3.82. The van der Waals surface area contributed by atoms with E-state index in [-0.39, 0.29) is 0 Å². The number of rotatable bonds is 8. The Kier molecular flexibility index (Phi) is 10.1. The molecule has 0 amide bonds. The molecule has 73 heavy (non-hydrogen) atoms. The molecular formula is C69H44N4. The molecule has 0 unspecified atom stereocenters. The Bertz CT molecular complexity index is 4310. The maximum Gasteiger partial charge on any atom is 0.164 e. The molecule has 0 spiro atoms. The maximum absolute atomic E-state index is 4.95. The second kappa shape index (κ2) is 17.6. The Morgan fingerprint density at radius 2 is 0.589 bits per heavy atom. The van der Waals surface area contributed by atoms with Crippen LogP contribution in [0.5, 0.6) is 0 Å². The fourth-order valence-electron chi connectivity index (χ4n) is 10.9. The summed E-state index contributed by atoms with van der Waals surface area (Å²) in [5.74, 6) is 1.94. The number of hydrogen-bond acceptors (Lipinski definition) is 3. The van der Waals surface area contributed by atoms with Crippen molar-refractivity contribution in [3.05, 3.63) is 267 Å². The van der Waals surface area contributed by atoms with Crippen molar-refractivity contribution >= 4 is 54.1 Å². The first-order chi connectivity index (χ1) is 36.2. The van der Waals surface area contributed by atoms with Crippen molar-refractivity contribution in [1.82, 2.24) is 19.5 Å². The SMILES string of the molecule is c1ccc(-c2nc(-c3ccccc3)nc(-c3ccc(-c4ccc(-n5c6ccccc6c6cccc(-c7cccc(-c8cccc(-c9ccc%10c%11ccccc%11c%11ccccc%11c%10c9)c8)c7)c65)cc4)cc3)n2)cc1. The predicted molar refractivity (Wildman–Crippen MR) is 305 cm³/mol. The van der Waals surface area contributed by atoms with Crippen LogP contribution in [0.1, 0.15) is 0 Å². The van der Waals surface area contributed by atoms with Gasteiger partial charge in [0.05, 0.1) is 11.0 Å². The molecule has 0 aliphatic heterocycles. The van der Waals surface area contributed by atoms with Crippen molar-refractivity contribution in [2.24, 2.45) is 0 Å². The van der Waals surface area contributed by atoms with Crippen molar-refractivity contribution < 1.29 is 0 Å². The molecule has 2 heterocycles. The van der Waals surface area contributed by atoms with Crippen LogP contribution in [0.2, 0.25) is 0 Å². The van der Waals surface area contributed by atoms with Gasteiger partial charge in [-0.3, -0.25) is 0 Å². The Hall–Kier alpha value is -9.77. The monoisotopic (exact) mass is 928 g/mol. The van der Waals surface area contributed by atoms with Gasteiger partial charge in [0.25, 0.3) is 0 Å². The maximum atomic E-state index is 4.95. The highest BCUT2D eigenvalue weighted by molar-refractivity contribution is 6.25. The van der Waals surface area contributed by atoms with E-state index in [9.17, 15) is 0 Å². The summed E-state index contributed by atoms with van der Waals surface area (Å²) >= 11 is 0. The van der Waals surface area contributed by atoms with E-state index in [1.54, 1.807) is 0 Å². The zero-order valence-corrected chi connectivity index (χ0v) is 39.7. The molecule has 0 saturated heterocycles. The molecule has 0 saturated carbocycles. The topological polar surface area (TPSA) is 43.6 Å². The van der Waals surface area contributed by atoms with Gasteiger partial charge in [-0.25, -0.2) is 15.0 Å². The summed E-state index contributed by atoms with van der Waals surface area (Å²) in [7, 11) is 0. The largest absolute Gasteiger partial charge is 0.309 e. The third kappa shape index (κ3) is 7.44. The van der Waals surface area contributed by atoms with Crippen LogP contribution < -0.4 is 0 Å². The molecule has 0 fully saturated rings. The average molecular weight is 929 g/mol. The quantitative estimate of drug-likeness (QED) is 0.143. The summed E-state index contributed by atoms with van der Waals surface area (Å²) in [4.78, 5) is 14.8. The van der Waals surface area contributed by atoms with Crippen molar-refractivity contribution in [1.29, 1.82) is 0 Å². The molecule has 0 aliphatic carbocycles. The Morgan fingerprint density at radius 1 is 0.219 bits per heavy atom. The van der Waals surface area contributed by atoms with Crippen LogP contribution in [0, 0.1) is 0 Å². The van der Waals surface area contributed by atoms with E-state index >= 15 is 0 Å². The smallest absolute Gasteiger partial charge is 0.164 e. The molecule has 12 aromatic carbocycles. The molecule has 0 radical (unpaired) electrons. The second-order valence-electron chi connectivity index (χ2n) is 18.7. The molecule has 0 atom stereocenters. The molecule has 4 heteroatoms. The van der Waals surface area contributed by atoms with Crippen LogP contribution in [0.3, 0.4) is 0 Å². The van der Waals surface area contributed by atoms with Gasteiger partial charge in [-0.05, 0) is 108 Å². The molecule has 0 bridgehead atoms. The molecule has 4 nitrogen and oxygen atoms in total. The summed E-state index contributed by atoms with van der Waals surface area (Å²) in [5, 5.41) is 10.2. The van der Waals surface area contributed by atoms with Gasteiger partial charge in [-0.15, -0.1) is 0 Å². The minimum absolute atomic E-state index is 0.639. The number of nitrogens with zero attached hydrogens (tertiary/aromatic N) is 4.